The van der Waals surface area contributed by atoms with Crippen LogP contribution < -0.4 is 5.73 Å². The lowest BCUT2D eigenvalue weighted by molar-refractivity contribution is 0.360. The molecule has 0 aromatic rings. The monoisotopic (exact) mass is 152 g/mol. The molecule has 2 bridgehead atoms. The highest BCUT2D eigenvalue weighted by Crippen LogP contribution is 2.47. The normalized spacial score (nSPS) is 47.4. The second-order valence-corrected chi connectivity index (χ2v) is 3.80. The lowest BCUT2D eigenvalue weighted by Gasteiger charge is -2.27. The summed E-state index contributed by atoms with van der Waals surface area (Å²) in [6.07, 6.45) is 4.35. The molecule has 0 aromatic heterocycles. The lowest BCUT2D eigenvalue weighted by Crippen LogP contribution is -2.44. The topological polar surface area (TPSA) is 74.8 Å². The maximum absolute atomic E-state index is 8.27. The van der Waals surface area contributed by atoms with Gasteiger partial charge in [0, 0.05) is 10.5 Å². The first-order chi connectivity index (χ1) is 5.24. The van der Waals surface area contributed by atoms with Gasteiger partial charge in [-0.3, -0.25) is 0 Å². The van der Waals surface area contributed by atoms with Crippen molar-refractivity contribution in [3.05, 3.63) is 10.4 Å². The Morgan fingerprint density at radius 3 is 2.91 bits per heavy atom. The zero-order valence-corrected chi connectivity index (χ0v) is 6.40. The van der Waals surface area contributed by atoms with Crippen molar-refractivity contribution in [3.8, 4) is 0 Å². The van der Waals surface area contributed by atoms with Crippen LogP contribution in [0, 0.1) is 5.92 Å². The first kappa shape index (κ1) is 6.95. The Labute approximate surface area is 65.4 Å². The molecule has 0 amide bonds. The maximum atomic E-state index is 8.27. The van der Waals surface area contributed by atoms with Crippen molar-refractivity contribution in [1.82, 2.24) is 0 Å². The number of nitrogens with two attached hydrogens (primary N) is 1. The van der Waals surface area contributed by atoms with Crippen molar-refractivity contribution in [2.24, 2.45) is 16.8 Å². The van der Waals surface area contributed by atoms with Crippen LogP contribution in [0.15, 0.2) is 5.11 Å². The Hall–Kier alpha value is -0.730. The molecular formula is C7H12N4. The summed E-state index contributed by atoms with van der Waals surface area (Å²) in [6, 6.07) is 0.0752. The van der Waals surface area contributed by atoms with Gasteiger partial charge in [-0.1, -0.05) is 5.11 Å². The Bertz CT molecular complexity index is 220. The van der Waals surface area contributed by atoms with Gasteiger partial charge in [0.1, 0.15) is 0 Å². The minimum atomic E-state index is -0.142. The molecule has 4 heteroatoms. The maximum Gasteiger partial charge on any atom is 0.0556 e. The fourth-order valence-corrected chi connectivity index (χ4v) is 2.49. The Morgan fingerprint density at radius 1 is 1.64 bits per heavy atom. The highest BCUT2D eigenvalue weighted by atomic mass is 15.2. The second kappa shape index (κ2) is 2.13. The van der Waals surface area contributed by atoms with Crippen LogP contribution in [0.25, 0.3) is 10.4 Å². The van der Waals surface area contributed by atoms with Gasteiger partial charge in [-0.15, -0.1) is 0 Å². The van der Waals surface area contributed by atoms with Crippen molar-refractivity contribution in [2.45, 2.75) is 37.3 Å². The predicted molar refractivity (Wildman–Crippen MR) is 41.8 cm³/mol. The standard InChI is InChI=1S/C7H12N4/c8-7-2-1-5(4-7)3-6(7)10-11-9/h5-6H,1-4,8H2/t5-,6-,7+/m1/s1. The van der Waals surface area contributed by atoms with Crippen molar-refractivity contribution >= 4 is 0 Å². The zero-order valence-electron chi connectivity index (χ0n) is 6.40. The Morgan fingerprint density at radius 2 is 2.45 bits per heavy atom. The highest BCUT2D eigenvalue weighted by Gasteiger charge is 2.48. The summed E-state index contributed by atoms with van der Waals surface area (Å²) >= 11 is 0. The van der Waals surface area contributed by atoms with Crippen LogP contribution in [0.1, 0.15) is 25.7 Å². The molecule has 0 spiro atoms. The fourth-order valence-electron chi connectivity index (χ4n) is 2.49. The number of nitrogens with zero attached hydrogens (tertiary/aromatic N) is 3. The summed E-state index contributed by atoms with van der Waals surface area (Å²) in [5, 5.41) is 3.73. The summed E-state index contributed by atoms with van der Waals surface area (Å²) < 4.78 is 0. The van der Waals surface area contributed by atoms with E-state index in [2.05, 4.69) is 10.0 Å². The van der Waals surface area contributed by atoms with Crippen molar-refractivity contribution in [2.75, 3.05) is 0 Å². The van der Waals surface area contributed by atoms with Gasteiger partial charge in [0.15, 0.2) is 0 Å². The smallest absolute Gasteiger partial charge is 0.0556 e. The molecule has 11 heavy (non-hydrogen) atoms. The molecule has 0 aromatic carbocycles. The van der Waals surface area contributed by atoms with Gasteiger partial charge in [-0.2, -0.15) is 0 Å². The lowest BCUT2D eigenvalue weighted by atomic mass is 9.90. The van der Waals surface area contributed by atoms with Crippen LogP contribution in [-0.4, -0.2) is 11.6 Å². The predicted octanol–water partition coefficient (Wildman–Crippen LogP) is 1.57. The second-order valence-electron chi connectivity index (χ2n) is 3.80. The molecule has 0 aliphatic heterocycles. The summed E-state index contributed by atoms with van der Waals surface area (Å²) in [5.41, 5.74) is 14.2. The van der Waals surface area contributed by atoms with Crippen molar-refractivity contribution in [1.29, 1.82) is 0 Å². The minimum absolute atomic E-state index is 0.0752. The van der Waals surface area contributed by atoms with Crippen LogP contribution in [0.2, 0.25) is 0 Å². The SMILES string of the molecule is [N-]=[N+]=N[C@@H]1C[C@H]2CC[C@]1(N)C2. The van der Waals surface area contributed by atoms with E-state index < -0.39 is 0 Å². The summed E-state index contributed by atoms with van der Waals surface area (Å²) in [5.74, 6) is 0.732. The Balaban J connectivity index is 2.21. The minimum Gasteiger partial charge on any atom is -0.325 e. The van der Waals surface area contributed by atoms with Crippen molar-refractivity contribution < 1.29 is 0 Å². The Kier molecular flexibility index (Phi) is 1.34. The molecule has 60 valence electrons. The third-order valence-electron chi connectivity index (χ3n) is 3.10. The molecular weight excluding hydrogens is 140 g/mol. The van der Waals surface area contributed by atoms with Gasteiger partial charge < -0.3 is 5.73 Å². The zero-order chi connectivity index (χ0) is 7.90. The molecule has 0 radical (unpaired) electrons. The third kappa shape index (κ3) is 0.905. The van der Waals surface area contributed by atoms with Crippen molar-refractivity contribution in [3.63, 3.8) is 0 Å². The number of hydrogen-bond acceptors (Lipinski definition) is 2. The van der Waals surface area contributed by atoms with E-state index in [1.54, 1.807) is 0 Å². The van der Waals surface area contributed by atoms with E-state index in [0.29, 0.717) is 0 Å². The van der Waals surface area contributed by atoms with E-state index in [0.717, 1.165) is 25.2 Å². The van der Waals surface area contributed by atoms with Gasteiger partial charge in [-0.05, 0) is 37.1 Å². The summed E-state index contributed by atoms with van der Waals surface area (Å²) in [7, 11) is 0. The van der Waals surface area contributed by atoms with E-state index in [4.69, 9.17) is 11.3 Å². The van der Waals surface area contributed by atoms with Gasteiger partial charge in [-0.25, -0.2) is 0 Å². The van der Waals surface area contributed by atoms with E-state index in [-0.39, 0.29) is 11.6 Å². The quantitative estimate of drug-likeness (QED) is 0.345. The van der Waals surface area contributed by atoms with E-state index in [1.165, 1.54) is 6.42 Å². The van der Waals surface area contributed by atoms with Crippen LogP contribution in [0.4, 0.5) is 0 Å². The highest BCUT2D eigenvalue weighted by molar-refractivity contribution is 5.09. The molecule has 2 aliphatic rings. The molecule has 4 nitrogen and oxygen atoms in total. The molecule has 0 unspecified atom stereocenters. The molecule has 2 N–H and O–H groups in total. The molecule has 2 rings (SSSR count). The number of azide groups is 1. The van der Waals surface area contributed by atoms with Gasteiger partial charge in [0.2, 0.25) is 0 Å². The van der Waals surface area contributed by atoms with Gasteiger partial charge in [0.05, 0.1) is 6.04 Å². The number of hydrogen-bond donors (Lipinski definition) is 1. The first-order valence-electron chi connectivity index (χ1n) is 4.08. The summed E-state index contributed by atoms with van der Waals surface area (Å²) in [6.45, 7) is 0. The average molecular weight is 152 g/mol. The summed E-state index contributed by atoms with van der Waals surface area (Å²) in [4.78, 5) is 2.83. The van der Waals surface area contributed by atoms with Crippen LogP contribution in [0.3, 0.4) is 0 Å². The molecule has 2 fully saturated rings. The fraction of sp³-hybridized carbons (Fsp3) is 1.00. The number of rotatable bonds is 1. The largest absolute Gasteiger partial charge is 0.325 e. The third-order valence-corrected chi connectivity index (χ3v) is 3.10. The average Bonchev–Trinajstić information content (AvgIpc) is 2.44. The van der Waals surface area contributed by atoms with E-state index in [1.807, 2.05) is 0 Å². The van der Waals surface area contributed by atoms with Gasteiger partial charge >= 0.3 is 0 Å². The molecule has 2 aliphatic carbocycles. The van der Waals surface area contributed by atoms with E-state index >= 15 is 0 Å². The number of fused-ring (bicyclic) bond motifs is 2. The molecule has 0 saturated heterocycles. The molecule has 2 saturated carbocycles. The van der Waals surface area contributed by atoms with E-state index in [9.17, 15) is 0 Å². The molecule has 3 atom stereocenters. The van der Waals surface area contributed by atoms with Crippen LogP contribution >= 0.6 is 0 Å². The van der Waals surface area contributed by atoms with Crippen LogP contribution in [-0.2, 0) is 0 Å². The van der Waals surface area contributed by atoms with Crippen LogP contribution in [0.5, 0.6) is 0 Å². The first-order valence-corrected chi connectivity index (χ1v) is 4.08. The van der Waals surface area contributed by atoms with Gasteiger partial charge in [0.25, 0.3) is 0 Å². The molecule has 0 heterocycles.